The molecule has 1 aliphatic rings. The summed E-state index contributed by atoms with van der Waals surface area (Å²) < 4.78 is 14.3. The molecule has 0 spiro atoms. The second kappa shape index (κ2) is 8.97. The fraction of sp³-hybridized carbons (Fsp3) is 0.364. The lowest BCUT2D eigenvalue weighted by Gasteiger charge is -2.35. The number of benzene rings is 2. The van der Waals surface area contributed by atoms with Crippen molar-refractivity contribution in [3.63, 3.8) is 0 Å². The number of piperazine rings is 1. The van der Waals surface area contributed by atoms with Crippen molar-refractivity contribution in [1.29, 1.82) is 0 Å². The highest BCUT2D eigenvalue weighted by Crippen LogP contribution is 2.22. The van der Waals surface area contributed by atoms with Crippen molar-refractivity contribution >= 4 is 23.1 Å². The average Bonchev–Trinajstić information content (AvgIpc) is 2.68. The van der Waals surface area contributed by atoms with Crippen molar-refractivity contribution in [2.75, 3.05) is 42.9 Å². The molecule has 0 radical (unpaired) electrons. The lowest BCUT2D eigenvalue weighted by atomic mass is 10.1. The van der Waals surface area contributed by atoms with Crippen LogP contribution in [0, 0.1) is 5.82 Å². The largest absolute Gasteiger partial charge is 0.367 e. The fourth-order valence-electron chi connectivity index (χ4n) is 3.40. The molecule has 0 atom stereocenters. The van der Waals surface area contributed by atoms with Crippen LogP contribution in [0.25, 0.3) is 0 Å². The molecule has 1 amide bonds. The van der Waals surface area contributed by atoms with Crippen LogP contribution in [0.5, 0.6) is 0 Å². The number of hydrogen-bond donors (Lipinski definition) is 1. The van der Waals surface area contributed by atoms with Crippen LogP contribution in [-0.2, 0) is 11.2 Å². The summed E-state index contributed by atoms with van der Waals surface area (Å²) in [4.78, 5) is 27.7. The Morgan fingerprint density at radius 1 is 1.07 bits per heavy atom. The minimum atomic E-state index is -0.380. The molecule has 1 aliphatic heterocycles. The van der Waals surface area contributed by atoms with Gasteiger partial charge in [-0.25, -0.2) is 4.39 Å². The van der Waals surface area contributed by atoms with E-state index in [2.05, 4.69) is 17.1 Å². The van der Waals surface area contributed by atoms with E-state index in [1.54, 1.807) is 12.1 Å². The Hall–Kier alpha value is -2.73. The second-order valence-corrected chi connectivity index (χ2v) is 7.09. The minimum absolute atomic E-state index is 0.0429. The molecule has 1 saturated heterocycles. The summed E-state index contributed by atoms with van der Waals surface area (Å²) >= 11 is 0. The maximum atomic E-state index is 14.3. The molecule has 5 nitrogen and oxygen atoms in total. The Bertz CT molecular complexity index is 861. The van der Waals surface area contributed by atoms with E-state index in [0.29, 0.717) is 44.0 Å². The van der Waals surface area contributed by atoms with Gasteiger partial charge in [-0.1, -0.05) is 19.1 Å². The quantitative estimate of drug-likeness (QED) is 0.778. The summed E-state index contributed by atoms with van der Waals surface area (Å²) in [6.07, 6.45) is 0.926. The lowest BCUT2D eigenvalue weighted by molar-refractivity contribution is -0.117. The summed E-state index contributed by atoms with van der Waals surface area (Å²) in [6, 6.07) is 12.5. The van der Waals surface area contributed by atoms with E-state index in [9.17, 15) is 14.0 Å². The van der Waals surface area contributed by atoms with Crippen LogP contribution >= 0.6 is 0 Å². The van der Waals surface area contributed by atoms with E-state index in [-0.39, 0.29) is 17.5 Å². The molecule has 148 valence electrons. The third-order valence-corrected chi connectivity index (χ3v) is 5.05. The van der Waals surface area contributed by atoms with Crippen molar-refractivity contribution in [1.82, 2.24) is 4.90 Å². The molecule has 0 aliphatic carbocycles. The molecule has 6 heteroatoms. The van der Waals surface area contributed by atoms with Crippen molar-refractivity contribution in [3.8, 4) is 0 Å². The molecular formula is C22H26FN3O2. The number of aryl methyl sites for hydroxylation is 1. The number of nitrogens with zero attached hydrogens (tertiary/aromatic N) is 2. The Balaban J connectivity index is 1.52. The van der Waals surface area contributed by atoms with Gasteiger partial charge >= 0.3 is 0 Å². The molecular weight excluding hydrogens is 357 g/mol. The van der Waals surface area contributed by atoms with Gasteiger partial charge in [0, 0.05) is 37.4 Å². The zero-order valence-electron chi connectivity index (χ0n) is 16.4. The number of rotatable bonds is 6. The van der Waals surface area contributed by atoms with E-state index < -0.39 is 0 Å². The molecule has 1 N–H and O–H groups in total. The number of nitrogens with one attached hydrogen (secondary N) is 1. The van der Waals surface area contributed by atoms with Crippen LogP contribution in [0.1, 0.15) is 29.8 Å². The predicted octanol–water partition coefficient (Wildman–Crippen LogP) is 3.35. The van der Waals surface area contributed by atoms with E-state index in [0.717, 1.165) is 12.1 Å². The first-order valence-corrected chi connectivity index (χ1v) is 9.63. The van der Waals surface area contributed by atoms with Gasteiger partial charge in [0.05, 0.1) is 12.2 Å². The van der Waals surface area contributed by atoms with Crippen LogP contribution in [0.2, 0.25) is 0 Å². The second-order valence-electron chi connectivity index (χ2n) is 7.09. The number of carbonyl (C=O) groups excluding carboxylic acids is 2. The van der Waals surface area contributed by atoms with E-state index in [1.807, 2.05) is 29.2 Å². The number of carbonyl (C=O) groups is 2. The zero-order chi connectivity index (χ0) is 20.1. The zero-order valence-corrected chi connectivity index (χ0v) is 16.4. The molecule has 2 aromatic carbocycles. The molecule has 3 rings (SSSR count). The summed E-state index contributed by atoms with van der Waals surface area (Å²) in [5.74, 6) is -0.570. The molecule has 0 aromatic heterocycles. The van der Waals surface area contributed by atoms with Gasteiger partial charge in [-0.15, -0.1) is 0 Å². The van der Waals surface area contributed by atoms with Gasteiger partial charge in [0.25, 0.3) is 0 Å². The molecule has 2 aromatic rings. The van der Waals surface area contributed by atoms with Gasteiger partial charge in [0.2, 0.25) is 5.91 Å². The molecule has 0 unspecified atom stereocenters. The van der Waals surface area contributed by atoms with Gasteiger partial charge in [-0.05, 0) is 49.2 Å². The lowest BCUT2D eigenvalue weighted by Crippen LogP contribution is -2.48. The highest BCUT2D eigenvalue weighted by Gasteiger charge is 2.21. The molecule has 0 bridgehead atoms. The highest BCUT2D eigenvalue weighted by atomic mass is 19.1. The van der Waals surface area contributed by atoms with Gasteiger partial charge in [0.15, 0.2) is 5.78 Å². The van der Waals surface area contributed by atoms with E-state index in [1.165, 1.54) is 18.6 Å². The van der Waals surface area contributed by atoms with Crippen LogP contribution in [0.15, 0.2) is 42.5 Å². The summed E-state index contributed by atoms with van der Waals surface area (Å²) in [5, 5.41) is 2.95. The average molecular weight is 383 g/mol. The number of ketones is 1. The molecule has 28 heavy (non-hydrogen) atoms. The minimum Gasteiger partial charge on any atom is -0.367 e. The maximum absolute atomic E-state index is 14.3. The smallest absolute Gasteiger partial charge is 0.238 e. The standard InChI is InChI=1S/C22H26FN3O2/c1-3-17-5-4-6-19(13-17)24-22(28)15-25-9-11-26(12-10-25)21-8-7-18(16(2)27)14-20(21)23/h4-8,13-14H,3,9-12,15H2,1-2H3,(H,24,28). The van der Waals surface area contributed by atoms with Gasteiger partial charge in [-0.3, -0.25) is 14.5 Å². The molecule has 1 heterocycles. The Labute approximate surface area is 165 Å². The Kier molecular flexibility index (Phi) is 6.41. The first-order valence-electron chi connectivity index (χ1n) is 9.63. The van der Waals surface area contributed by atoms with Crippen molar-refractivity contribution in [2.24, 2.45) is 0 Å². The Morgan fingerprint density at radius 3 is 2.46 bits per heavy atom. The van der Waals surface area contributed by atoms with Crippen LogP contribution in [0.4, 0.5) is 15.8 Å². The van der Waals surface area contributed by atoms with Crippen molar-refractivity contribution < 1.29 is 14.0 Å². The first-order chi connectivity index (χ1) is 13.5. The Morgan fingerprint density at radius 2 is 1.82 bits per heavy atom. The predicted molar refractivity (Wildman–Crippen MR) is 110 cm³/mol. The van der Waals surface area contributed by atoms with E-state index >= 15 is 0 Å². The van der Waals surface area contributed by atoms with Crippen molar-refractivity contribution in [3.05, 3.63) is 59.4 Å². The van der Waals surface area contributed by atoms with Gasteiger partial charge < -0.3 is 10.2 Å². The maximum Gasteiger partial charge on any atom is 0.238 e. The fourth-order valence-corrected chi connectivity index (χ4v) is 3.40. The number of amides is 1. The van der Waals surface area contributed by atoms with Gasteiger partial charge in [0.1, 0.15) is 5.82 Å². The molecule has 1 fully saturated rings. The van der Waals surface area contributed by atoms with Crippen LogP contribution in [-0.4, -0.2) is 49.3 Å². The normalized spacial score (nSPS) is 14.8. The van der Waals surface area contributed by atoms with Gasteiger partial charge in [-0.2, -0.15) is 0 Å². The number of halogens is 1. The first kappa shape index (κ1) is 20.0. The number of Topliss-reactive ketones (excluding diaryl/α,β-unsaturated/α-hetero) is 1. The number of anilines is 2. The summed E-state index contributed by atoms with van der Waals surface area (Å²) in [6.45, 7) is 6.44. The SMILES string of the molecule is CCc1cccc(NC(=O)CN2CCN(c3ccc(C(C)=O)cc3F)CC2)c1. The highest BCUT2D eigenvalue weighted by molar-refractivity contribution is 5.94. The summed E-state index contributed by atoms with van der Waals surface area (Å²) in [7, 11) is 0. The third-order valence-electron chi connectivity index (χ3n) is 5.05. The van der Waals surface area contributed by atoms with E-state index in [4.69, 9.17) is 0 Å². The summed E-state index contributed by atoms with van der Waals surface area (Å²) in [5.41, 5.74) is 2.88. The third kappa shape index (κ3) is 4.95. The monoisotopic (exact) mass is 383 g/mol. The van der Waals surface area contributed by atoms with Crippen molar-refractivity contribution in [2.45, 2.75) is 20.3 Å². The molecule has 0 saturated carbocycles. The topological polar surface area (TPSA) is 52.7 Å². The van der Waals surface area contributed by atoms with Crippen LogP contribution in [0.3, 0.4) is 0 Å². The van der Waals surface area contributed by atoms with Crippen LogP contribution < -0.4 is 10.2 Å². The number of hydrogen-bond acceptors (Lipinski definition) is 4.